The number of imidazole rings is 1. The van der Waals surface area contributed by atoms with Crippen molar-refractivity contribution in [2.45, 2.75) is 50.8 Å². The fraction of sp³-hybridized carbons (Fsp3) is 0.448. The van der Waals surface area contributed by atoms with Crippen LogP contribution in [0.5, 0.6) is 23.0 Å². The first-order chi connectivity index (χ1) is 20.1. The molecule has 2 aromatic heterocycles. The van der Waals surface area contributed by atoms with E-state index < -0.39 is 10.0 Å². The fourth-order valence-corrected chi connectivity index (χ4v) is 5.81. The van der Waals surface area contributed by atoms with Crippen molar-refractivity contribution in [2.24, 2.45) is 26.9 Å². The van der Waals surface area contributed by atoms with E-state index in [0.717, 1.165) is 32.1 Å². The number of sulfonamides is 1. The zero-order valence-electron chi connectivity index (χ0n) is 24.8. The first kappa shape index (κ1) is 31.0. The second kappa shape index (κ2) is 13.3. The molecule has 3 N–H and O–H groups in total. The van der Waals surface area contributed by atoms with Gasteiger partial charge in [-0.1, -0.05) is 19.8 Å². The molecule has 0 bridgehead atoms. The molecule has 0 unspecified atom stereocenters. The molecule has 0 amide bonds. The molecule has 4 aromatic rings. The Bertz CT molecular complexity index is 1710. The van der Waals surface area contributed by atoms with Crippen LogP contribution in [0.3, 0.4) is 0 Å². The Kier molecular flexibility index (Phi) is 9.84. The molecule has 0 fully saturated rings. The Morgan fingerprint density at radius 2 is 1.50 bits per heavy atom. The van der Waals surface area contributed by atoms with Gasteiger partial charge in [0, 0.05) is 45.4 Å². The summed E-state index contributed by atoms with van der Waals surface area (Å²) in [5, 5.41) is 4.07. The average molecular weight is 601 g/mol. The molecular formula is C29H40N6O6S. The van der Waals surface area contributed by atoms with Gasteiger partial charge in [-0.25, -0.2) is 13.2 Å². The minimum absolute atomic E-state index is 0.0371. The number of rotatable bonds is 15. The highest BCUT2D eigenvalue weighted by Crippen LogP contribution is 2.38. The molecule has 2 aromatic carbocycles. The molecule has 0 saturated carbocycles. The molecule has 0 aliphatic carbocycles. The molecule has 4 rings (SSSR count). The molecule has 2 heterocycles. The maximum Gasteiger partial charge on any atom is 0.328 e. The van der Waals surface area contributed by atoms with Crippen LogP contribution in [-0.2, 0) is 31.2 Å². The standard InChI is InChI=1S/C29H40N6O6S/c1-6-12-39-21-14-22(40-13-10-8-7-9-11-30)16-23(15-21)41-27-18-26-25(33(3)29(36)34(26)4)17-24(27)32-42(37,38)28-19-31-35(5)20(28)2/h14-19,32H,6-13,30H2,1-5H3. The van der Waals surface area contributed by atoms with Gasteiger partial charge < -0.3 is 19.9 Å². The second-order valence-electron chi connectivity index (χ2n) is 10.2. The molecule has 0 aliphatic rings. The van der Waals surface area contributed by atoms with Crippen molar-refractivity contribution in [2.75, 3.05) is 24.5 Å². The fourth-order valence-electron chi connectivity index (χ4n) is 4.54. The van der Waals surface area contributed by atoms with Crippen molar-refractivity contribution in [1.82, 2.24) is 18.9 Å². The van der Waals surface area contributed by atoms with Crippen molar-refractivity contribution >= 4 is 26.7 Å². The maximum absolute atomic E-state index is 13.4. The van der Waals surface area contributed by atoms with Gasteiger partial charge in [0.25, 0.3) is 10.0 Å². The van der Waals surface area contributed by atoms with E-state index in [1.165, 1.54) is 20.0 Å². The highest BCUT2D eigenvalue weighted by atomic mass is 32.2. The number of aryl methyl sites for hydroxylation is 3. The van der Waals surface area contributed by atoms with Gasteiger partial charge in [-0.3, -0.25) is 18.5 Å². The summed E-state index contributed by atoms with van der Waals surface area (Å²) < 4.78 is 52.1. The quantitative estimate of drug-likeness (QED) is 0.193. The van der Waals surface area contributed by atoms with Gasteiger partial charge in [-0.05, 0) is 38.8 Å². The van der Waals surface area contributed by atoms with E-state index in [-0.39, 0.29) is 22.0 Å². The minimum atomic E-state index is -4.04. The Morgan fingerprint density at radius 1 is 0.881 bits per heavy atom. The van der Waals surface area contributed by atoms with Crippen molar-refractivity contribution in [3.8, 4) is 23.0 Å². The van der Waals surface area contributed by atoms with Crippen LogP contribution >= 0.6 is 0 Å². The van der Waals surface area contributed by atoms with Crippen LogP contribution < -0.4 is 30.4 Å². The van der Waals surface area contributed by atoms with E-state index in [2.05, 4.69) is 9.82 Å². The lowest BCUT2D eigenvalue weighted by atomic mass is 10.2. The van der Waals surface area contributed by atoms with Crippen LogP contribution in [0.1, 0.15) is 44.7 Å². The van der Waals surface area contributed by atoms with Gasteiger partial charge in [-0.2, -0.15) is 5.10 Å². The third-order valence-electron chi connectivity index (χ3n) is 7.02. The Balaban J connectivity index is 1.72. The van der Waals surface area contributed by atoms with Crippen molar-refractivity contribution in [3.05, 3.63) is 52.7 Å². The molecule has 0 atom stereocenters. The lowest BCUT2D eigenvalue weighted by Gasteiger charge is -2.16. The van der Waals surface area contributed by atoms with Crippen LogP contribution in [0.4, 0.5) is 5.69 Å². The third-order valence-corrected chi connectivity index (χ3v) is 8.49. The van der Waals surface area contributed by atoms with E-state index in [4.69, 9.17) is 19.9 Å². The van der Waals surface area contributed by atoms with Crippen LogP contribution in [0, 0.1) is 6.92 Å². The number of nitrogens with two attached hydrogens (primary N) is 1. The molecule has 0 saturated heterocycles. The van der Waals surface area contributed by atoms with Gasteiger partial charge in [0.05, 0.1) is 41.8 Å². The van der Waals surface area contributed by atoms with E-state index in [0.29, 0.717) is 53.7 Å². The largest absolute Gasteiger partial charge is 0.493 e. The topological polar surface area (TPSA) is 145 Å². The minimum Gasteiger partial charge on any atom is -0.493 e. The number of ether oxygens (including phenoxy) is 3. The number of nitrogens with one attached hydrogen (secondary N) is 1. The maximum atomic E-state index is 13.4. The summed E-state index contributed by atoms with van der Waals surface area (Å²) in [6.07, 6.45) is 6.05. The smallest absolute Gasteiger partial charge is 0.328 e. The molecule has 0 aliphatic heterocycles. The monoisotopic (exact) mass is 600 g/mol. The number of nitrogens with zero attached hydrogens (tertiary/aromatic N) is 4. The normalized spacial score (nSPS) is 11.7. The Morgan fingerprint density at radius 3 is 2.12 bits per heavy atom. The molecule has 0 spiro atoms. The van der Waals surface area contributed by atoms with E-state index >= 15 is 0 Å². The molecule has 228 valence electrons. The number of anilines is 1. The van der Waals surface area contributed by atoms with Crippen LogP contribution in [0.2, 0.25) is 0 Å². The summed E-state index contributed by atoms with van der Waals surface area (Å²) in [4.78, 5) is 12.7. The van der Waals surface area contributed by atoms with E-state index in [1.54, 1.807) is 58.4 Å². The lowest BCUT2D eigenvalue weighted by molar-refractivity contribution is 0.292. The Hall–Kier alpha value is -3.97. The van der Waals surface area contributed by atoms with Crippen molar-refractivity contribution < 1.29 is 22.6 Å². The summed E-state index contributed by atoms with van der Waals surface area (Å²) in [7, 11) is 0.908. The van der Waals surface area contributed by atoms with Gasteiger partial charge in [0.2, 0.25) is 0 Å². The first-order valence-corrected chi connectivity index (χ1v) is 15.5. The van der Waals surface area contributed by atoms with Crippen LogP contribution in [-0.4, -0.2) is 47.1 Å². The average Bonchev–Trinajstić information content (AvgIpc) is 3.40. The first-order valence-electron chi connectivity index (χ1n) is 14.0. The van der Waals surface area contributed by atoms with Crippen molar-refractivity contribution in [1.29, 1.82) is 0 Å². The highest BCUT2D eigenvalue weighted by Gasteiger charge is 2.24. The highest BCUT2D eigenvalue weighted by molar-refractivity contribution is 7.92. The number of fused-ring (bicyclic) bond motifs is 1. The number of unbranched alkanes of at least 4 members (excludes halogenated alkanes) is 3. The summed E-state index contributed by atoms with van der Waals surface area (Å²) >= 11 is 0. The molecular weight excluding hydrogens is 560 g/mol. The Labute approximate surface area is 246 Å². The van der Waals surface area contributed by atoms with Gasteiger partial charge in [-0.15, -0.1) is 0 Å². The zero-order valence-corrected chi connectivity index (χ0v) is 25.7. The molecule has 13 heteroatoms. The lowest BCUT2D eigenvalue weighted by Crippen LogP contribution is -2.19. The summed E-state index contributed by atoms with van der Waals surface area (Å²) in [6, 6.07) is 8.49. The van der Waals surface area contributed by atoms with Crippen LogP contribution in [0.25, 0.3) is 11.0 Å². The number of aromatic nitrogens is 4. The zero-order chi connectivity index (χ0) is 30.4. The SMILES string of the molecule is CCCOc1cc(OCCCCCCN)cc(Oc2cc3c(cc2NS(=O)(=O)c2cnn(C)c2C)n(C)c(=O)n3C)c1. The van der Waals surface area contributed by atoms with E-state index in [9.17, 15) is 13.2 Å². The van der Waals surface area contributed by atoms with E-state index in [1.807, 2.05) is 6.92 Å². The van der Waals surface area contributed by atoms with Gasteiger partial charge in [0.15, 0.2) is 5.75 Å². The number of hydrogen-bond donors (Lipinski definition) is 2. The summed E-state index contributed by atoms with van der Waals surface area (Å²) in [5.74, 6) is 1.72. The summed E-state index contributed by atoms with van der Waals surface area (Å²) in [5.41, 5.74) is 7.08. The van der Waals surface area contributed by atoms with Gasteiger partial charge >= 0.3 is 5.69 Å². The number of hydrogen-bond acceptors (Lipinski definition) is 8. The van der Waals surface area contributed by atoms with Crippen LogP contribution in [0.15, 0.2) is 46.2 Å². The predicted octanol–water partition coefficient (Wildman–Crippen LogP) is 4.20. The molecule has 0 radical (unpaired) electrons. The number of benzene rings is 2. The van der Waals surface area contributed by atoms with Gasteiger partial charge in [0.1, 0.15) is 22.1 Å². The summed E-state index contributed by atoms with van der Waals surface area (Å²) in [6.45, 7) is 5.40. The predicted molar refractivity (Wildman–Crippen MR) is 162 cm³/mol. The molecule has 42 heavy (non-hydrogen) atoms. The molecule has 12 nitrogen and oxygen atoms in total. The van der Waals surface area contributed by atoms with Crippen molar-refractivity contribution in [3.63, 3.8) is 0 Å². The second-order valence-corrected chi connectivity index (χ2v) is 11.9. The third kappa shape index (κ3) is 6.90.